The maximum atomic E-state index is 12.2. The highest BCUT2D eigenvalue weighted by molar-refractivity contribution is 6.30. The van der Waals surface area contributed by atoms with Crippen molar-refractivity contribution < 1.29 is 9.53 Å². The molecule has 23 heavy (non-hydrogen) atoms. The Morgan fingerprint density at radius 2 is 1.83 bits per heavy atom. The van der Waals surface area contributed by atoms with Gasteiger partial charge in [-0.2, -0.15) is 0 Å². The number of hydrogen-bond donors (Lipinski definition) is 1. The molecule has 2 aromatic rings. The van der Waals surface area contributed by atoms with Gasteiger partial charge in [0.2, 0.25) is 0 Å². The number of amides is 1. The van der Waals surface area contributed by atoms with Crippen molar-refractivity contribution in [1.82, 2.24) is 5.32 Å². The van der Waals surface area contributed by atoms with Crippen molar-refractivity contribution in [3.05, 3.63) is 64.7 Å². The molecule has 1 aliphatic rings. The first kappa shape index (κ1) is 15.9. The number of halogens is 1. The lowest BCUT2D eigenvalue weighted by Crippen LogP contribution is -2.33. The molecule has 120 valence electrons. The van der Waals surface area contributed by atoms with Gasteiger partial charge in [-0.15, -0.1) is 0 Å². The van der Waals surface area contributed by atoms with Crippen LogP contribution in [0, 0.1) is 12.8 Å². The van der Waals surface area contributed by atoms with E-state index in [4.69, 9.17) is 16.3 Å². The van der Waals surface area contributed by atoms with E-state index in [-0.39, 0.29) is 18.6 Å². The molecule has 4 heteroatoms. The van der Waals surface area contributed by atoms with E-state index in [1.54, 1.807) is 0 Å². The molecule has 0 aliphatic heterocycles. The molecule has 1 N–H and O–H groups in total. The highest BCUT2D eigenvalue weighted by atomic mass is 35.5. The summed E-state index contributed by atoms with van der Waals surface area (Å²) in [6, 6.07) is 15.4. The summed E-state index contributed by atoms with van der Waals surface area (Å²) in [5, 5.41) is 3.80. The molecule has 1 saturated carbocycles. The number of nitrogens with one attached hydrogen (secondary N) is 1. The Balaban J connectivity index is 1.58. The first-order chi connectivity index (χ1) is 11.1. The zero-order valence-electron chi connectivity index (χ0n) is 13.1. The first-order valence-electron chi connectivity index (χ1n) is 7.86. The van der Waals surface area contributed by atoms with E-state index >= 15 is 0 Å². The Bertz CT molecular complexity index is 663. The lowest BCUT2D eigenvalue weighted by Gasteiger charge is -2.19. The summed E-state index contributed by atoms with van der Waals surface area (Å²) in [5.74, 6) is 1.12. The average Bonchev–Trinajstić information content (AvgIpc) is 3.38. The van der Waals surface area contributed by atoms with Gasteiger partial charge in [0.1, 0.15) is 5.75 Å². The van der Waals surface area contributed by atoms with Gasteiger partial charge < -0.3 is 10.1 Å². The molecular weight excluding hydrogens is 310 g/mol. The molecule has 1 aliphatic carbocycles. The second kappa shape index (κ2) is 7.05. The van der Waals surface area contributed by atoms with Gasteiger partial charge >= 0.3 is 0 Å². The van der Waals surface area contributed by atoms with E-state index in [1.165, 1.54) is 5.56 Å². The molecule has 1 unspecified atom stereocenters. The van der Waals surface area contributed by atoms with Crippen molar-refractivity contribution in [2.24, 2.45) is 5.92 Å². The fourth-order valence-electron chi connectivity index (χ4n) is 2.57. The standard InChI is InChI=1S/C19H20ClNO2/c1-13-2-10-17(11-3-13)23-12-18(22)21-19(14-4-5-14)15-6-8-16(20)9-7-15/h2-3,6-11,14,19H,4-5,12H2,1H3,(H,21,22). The van der Waals surface area contributed by atoms with Gasteiger partial charge in [-0.05, 0) is 55.5 Å². The summed E-state index contributed by atoms with van der Waals surface area (Å²) in [6.45, 7) is 2.04. The zero-order chi connectivity index (χ0) is 16.2. The van der Waals surface area contributed by atoms with Crippen LogP contribution >= 0.6 is 11.6 Å². The molecule has 0 radical (unpaired) electrons. The van der Waals surface area contributed by atoms with E-state index in [1.807, 2.05) is 55.5 Å². The van der Waals surface area contributed by atoms with Crippen LogP contribution in [-0.2, 0) is 4.79 Å². The molecule has 3 nitrogen and oxygen atoms in total. The Labute approximate surface area is 141 Å². The summed E-state index contributed by atoms with van der Waals surface area (Å²) >= 11 is 5.94. The third kappa shape index (κ3) is 4.49. The molecule has 1 fully saturated rings. The van der Waals surface area contributed by atoms with E-state index in [0.29, 0.717) is 16.7 Å². The molecule has 0 saturated heterocycles. The number of rotatable bonds is 6. The third-order valence-electron chi connectivity index (χ3n) is 4.03. The minimum atomic E-state index is -0.0996. The van der Waals surface area contributed by atoms with Gasteiger partial charge in [-0.1, -0.05) is 41.4 Å². The topological polar surface area (TPSA) is 38.3 Å². The van der Waals surface area contributed by atoms with E-state index in [2.05, 4.69) is 5.32 Å². The molecule has 0 bridgehead atoms. The maximum absolute atomic E-state index is 12.2. The largest absolute Gasteiger partial charge is 0.484 e. The zero-order valence-corrected chi connectivity index (χ0v) is 13.8. The number of carbonyl (C=O) groups is 1. The molecular formula is C19H20ClNO2. The summed E-state index contributed by atoms with van der Waals surface area (Å²) in [6.07, 6.45) is 2.29. The SMILES string of the molecule is Cc1ccc(OCC(=O)NC(c2ccc(Cl)cc2)C2CC2)cc1. The van der Waals surface area contributed by atoms with Crippen molar-refractivity contribution in [2.45, 2.75) is 25.8 Å². The number of ether oxygens (including phenoxy) is 1. The van der Waals surface area contributed by atoms with E-state index in [9.17, 15) is 4.79 Å². The van der Waals surface area contributed by atoms with Gasteiger partial charge in [-0.3, -0.25) is 4.79 Å². The monoisotopic (exact) mass is 329 g/mol. The Morgan fingerprint density at radius 3 is 2.43 bits per heavy atom. The van der Waals surface area contributed by atoms with E-state index in [0.717, 1.165) is 18.4 Å². The van der Waals surface area contributed by atoms with Crippen LogP contribution in [0.2, 0.25) is 5.02 Å². The van der Waals surface area contributed by atoms with Crippen molar-refractivity contribution in [1.29, 1.82) is 0 Å². The van der Waals surface area contributed by atoms with Gasteiger partial charge in [0.25, 0.3) is 5.91 Å². The smallest absolute Gasteiger partial charge is 0.258 e. The van der Waals surface area contributed by atoms with Crippen LogP contribution < -0.4 is 10.1 Å². The van der Waals surface area contributed by atoms with Gasteiger partial charge in [0, 0.05) is 5.02 Å². The molecule has 1 atom stereocenters. The molecule has 0 aromatic heterocycles. The van der Waals surface area contributed by atoms with Gasteiger partial charge in [-0.25, -0.2) is 0 Å². The van der Waals surface area contributed by atoms with Crippen molar-refractivity contribution in [2.75, 3.05) is 6.61 Å². The second-order valence-electron chi connectivity index (χ2n) is 6.04. The number of hydrogen-bond acceptors (Lipinski definition) is 2. The van der Waals surface area contributed by atoms with Crippen LogP contribution in [-0.4, -0.2) is 12.5 Å². The van der Waals surface area contributed by atoms with Crippen LogP contribution in [0.15, 0.2) is 48.5 Å². The van der Waals surface area contributed by atoms with E-state index < -0.39 is 0 Å². The fourth-order valence-corrected chi connectivity index (χ4v) is 2.70. The summed E-state index contributed by atoms with van der Waals surface area (Å²) in [7, 11) is 0. The van der Waals surface area contributed by atoms with Crippen LogP contribution in [0.5, 0.6) is 5.75 Å². The fraction of sp³-hybridized carbons (Fsp3) is 0.316. The number of carbonyl (C=O) groups excluding carboxylic acids is 1. The predicted octanol–water partition coefficient (Wildman–Crippen LogP) is 4.29. The first-order valence-corrected chi connectivity index (χ1v) is 8.24. The molecule has 3 rings (SSSR count). The predicted molar refractivity (Wildman–Crippen MR) is 91.7 cm³/mol. The number of benzene rings is 2. The van der Waals surface area contributed by atoms with Crippen molar-refractivity contribution in [3.63, 3.8) is 0 Å². The average molecular weight is 330 g/mol. The third-order valence-corrected chi connectivity index (χ3v) is 4.28. The summed E-state index contributed by atoms with van der Waals surface area (Å²) in [4.78, 5) is 12.2. The minimum Gasteiger partial charge on any atom is -0.484 e. The minimum absolute atomic E-state index is 0.0276. The lowest BCUT2D eigenvalue weighted by molar-refractivity contribution is -0.124. The highest BCUT2D eigenvalue weighted by Crippen LogP contribution is 2.41. The quantitative estimate of drug-likeness (QED) is 0.858. The Kier molecular flexibility index (Phi) is 4.87. The van der Waals surface area contributed by atoms with Crippen molar-refractivity contribution >= 4 is 17.5 Å². The molecule has 2 aromatic carbocycles. The highest BCUT2D eigenvalue weighted by Gasteiger charge is 2.33. The normalized spacial score (nSPS) is 15.0. The molecule has 0 heterocycles. The van der Waals surface area contributed by atoms with Gasteiger partial charge in [0.15, 0.2) is 6.61 Å². The van der Waals surface area contributed by atoms with Crippen LogP contribution in [0.4, 0.5) is 0 Å². The summed E-state index contributed by atoms with van der Waals surface area (Å²) < 4.78 is 5.55. The second-order valence-corrected chi connectivity index (χ2v) is 6.47. The number of aryl methyl sites for hydroxylation is 1. The summed E-state index contributed by atoms with van der Waals surface area (Å²) in [5.41, 5.74) is 2.26. The van der Waals surface area contributed by atoms with Crippen LogP contribution in [0.1, 0.15) is 30.0 Å². The molecule has 1 amide bonds. The molecule has 0 spiro atoms. The van der Waals surface area contributed by atoms with Crippen LogP contribution in [0.25, 0.3) is 0 Å². The Hall–Kier alpha value is -2.00. The maximum Gasteiger partial charge on any atom is 0.258 e. The Morgan fingerprint density at radius 1 is 1.17 bits per heavy atom. The van der Waals surface area contributed by atoms with Crippen LogP contribution in [0.3, 0.4) is 0 Å². The van der Waals surface area contributed by atoms with Gasteiger partial charge in [0.05, 0.1) is 6.04 Å². The lowest BCUT2D eigenvalue weighted by atomic mass is 10.0. The van der Waals surface area contributed by atoms with Crippen molar-refractivity contribution in [3.8, 4) is 5.75 Å².